The fraction of sp³-hybridized carbons (Fsp3) is 0.133. The molecule has 8 heteroatoms. The zero-order valence-electron chi connectivity index (χ0n) is 12.5. The molecule has 2 radical (unpaired) electrons. The van der Waals surface area contributed by atoms with Gasteiger partial charge in [0.1, 0.15) is 0 Å². The first-order valence-electron chi connectivity index (χ1n) is 6.58. The topological polar surface area (TPSA) is 95.7 Å². The normalized spacial score (nSPS) is 10.2. The SMILES string of the molecule is CN(C)c1ccc(Nc2ccc([As])cc2[N+](=O)[O-])c(C(=O)O)c1. The molecule has 118 valence electrons. The molecule has 2 rings (SSSR count). The quantitative estimate of drug-likeness (QED) is 0.471. The Morgan fingerprint density at radius 3 is 2.43 bits per heavy atom. The van der Waals surface area contributed by atoms with Crippen LogP contribution >= 0.6 is 0 Å². The summed E-state index contributed by atoms with van der Waals surface area (Å²) in [6.07, 6.45) is 0. The summed E-state index contributed by atoms with van der Waals surface area (Å²) in [6, 6.07) is 9.52. The van der Waals surface area contributed by atoms with Crippen molar-refractivity contribution in [1.82, 2.24) is 0 Å². The second kappa shape index (κ2) is 6.71. The van der Waals surface area contributed by atoms with E-state index in [-0.39, 0.29) is 16.9 Å². The fourth-order valence-corrected chi connectivity index (χ4v) is 2.43. The Morgan fingerprint density at radius 2 is 1.87 bits per heavy atom. The number of nitrogens with zero attached hydrogens (tertiary/aromatic N) is 2. The summed E-state index contributed by atoms with van der Waals surface area (Å²) in [5, 5.41) is 23.4. The number of anilines is 3. The number of rotatable bonds is 5. The van der Waals surface area contributed by atoms with Gasteiger partial charge in [0.15, 0.2) is 0 Å². The molecule has 7 nitrogen and oxygen atoms in total. The van der Waals surface area contributed by atoms with E-state index in [2.05, 4.69) is 22.2 Å². The molecule has 2 aromatic rings. The van der Waals surface area contributed by atoms with Crippen LogP contribution in [-0.2, 0) is 0 Å². The number of carbonyl (C=O) groups is 1. The Hall–Kier alpha value is -2.53. The third-order valence-electron chi connectivity index (χ3n) is 3.20. The number of carboxylic acid groups (broad SMARTS) is 1. The summed E-state index contributed by atoms with van der Waals surface area (Å²) in [5.74, 6) is -1.11. The van der Waals surface area contributed by atoms with E-state index in [1.165, 1.54) is 12.1 Å². The summed E-state index contributed by atoms with van der Waals surface area (Å²) >= 11 is 2.23. The summed E-state index contributed by atoms with van der Waals surface area (Å²) in [5.41, 5.74) is 1.19. The van der Waals surface area contributed by atoms with E-state index < -0.39 is 10.9 Å². The van der Waals surface area contributed by atoms with Crippen LogP contribution in [0.25, 0.3) is 0 Å². The molecule has 0 aliphatic carbocycles. The van der Waals surface area contributed by atoms with Crippen molar-refractivity contribution >= 4 is 49.9 Å². The zero-order chi connectivity index (χ0) is 17.1. The van der Waals surface area contributed by atoms with E-state index in [0.717, 1.165) is 5.69 Å². The van der Waals surface area contributed by atoms with Crippen LogP contribution in [0.15, 0.2) is 36.4 Å². The molecule has 2 N–H and O–H groups in total. The molecule has 0 aliphatic heterocycles. The van der Waals surface area contributed by atoms with Crippen LogP contribution in [0.1, 0.15) is 10.4 Å². The Balaban J connectivity index is 2.48. The van der Waals surface area contributed by atoms with Crippen molar-refractivity contribution in [2.45, 2.75) is 0 Å². The van der Waals surface area contributed by atoms with Crippen molar-refractivity contribution < 1.29 is 14.8 Å². The molecule has 23 heavy (non-hydrogen) atoms. The van der Waals surface area contributed by atoms with Gasteiger partial charge in [0.2, 0.25) is 0 Å². The van der Waals surface area contributed by atoms with Gasteiger partial charge in [-0.05, 0) is 0 Å². The molecule has 0 saturated carbocycles. The molecule has 0 amide bonds. The van der Waals surface area contributed by atoms with Crippen LogP contribution in [0.4, 0.5) is 22.7 Å². The van der Waals surface area contributed by atoms with Crippen molar-refractivity contribution in [3.05, 3.63) is 52.1 Å². The summed E-state index contributed by atoms with van der Waals surface area (Å²) < 4.78 is 0.691. The number of nitrogens with one attached hydrogen (secondary N) is 1. The molecule has 0 spiro atoms. The van der Waals surface area contributed by atoms with Gasteiger partial charge >= 0.3 is 141 Å². The van der Waals surface area contributed by atoms with Gasteiger partial charge in [0.25, 0.3) is 0 Å². The van der Waals surface area contributed by atoms with Gasteiger partial charge < -0.3 is 0 Å². The van der Waals surface area contributed by atoms with Crippen molar-refractivity contribution in [1.29, 1.82) is 0 Å². The molecular formula is C15H14AsN3O4. The van der Waals surface area contributed by atoms with Crippen molar-refractivity contribution in [2.75, 3.05) is 24.3 Å². The first-order valence-corrected chi connectivity index (χ1v) is 7.52. The fourth-order valence-electron chi connectivity index (χ4n) is 2.02. The van der Waals surface area contributed by atoms with Crippen molar-refractivity contribution in [3.8, 4) is 0 Å². The standard InChI is InChI=1S/C15H14AsN3O4/c1-18(2)10-4-6-12(11(8-10)15(20)21)17-13-5-3-9(16)7-14(13)19(22)23/h3-8,17H,1-2H3,(H,20,21). The van der Waals surface area contributed by atoms with E-state index in [9.17, 15) is 20.0 Å². The third kappa shape index (κ3) is 3.81. The molecule has 0 aromatic heterocycles. The molecule has 0 aliphatic rings. The number of nitro groups is 1. The molecule has 0 unspecified atom stereocenters. The second-order valence-electron chi connectivity index (χ2n) is 5.01. The minimum absolute atomic E-state index is 0.0434. The van der Waals surface area contributed by atoms with E-state index >= 15 is 0 Å². The van der Waals surface area contributed by atoms with Crippen LogP contribution < -0.4 is 14.6 Å². The minimum atomic E-state index is -1.11. The number of hydrogen-bond acceptors (Lipinski definition) is 5. The molecule has 0 atom stereocenters. The predicted octanol–water partition coefficient (Wildman–Crippen LogP) is 1.90. The van der Waals surface area contributed by atoms with Crippen LogP contribution in [0.3, 0.4) is 0 Å². The van der Waals surface area contributed by atoms with E-state index in [0.29, 0.717) is 10.0 Å². The van der Waals surface area contributed by atoms with Gasteiger partial charge in [0.05, 0.1) is 0 Å². The number of nitro benzene ring substituents is 1. The number of carboxylic acids is 1. The van der Waals surface area contributed by atoms with Crippen molar-refractivity contribution in [2.24, 2.45) is 0 Å². The average Bonchev–Trinajstić information content (AvgIpc) is 2.48. The van der Waals surface area contributed by atoms with E-state index in [1.54, 1.807) is 43.3 Å². The number of benzene rings is 2. The van der Waals surface area contributed by atoms with Gasteiger partial charge in [-0.2, -0.15) is 0 Å². The van der Waals surface area contributed by atoms with Gasteiger partial charge in [-0.15, -0.1) is 0 Å². The third-order valence-corrected chi connectivity index (χ3v) is 3.78. The second-order valence-corrected chi connectivity index (χ2v) is 6.10. The first-order chi connectivity index (χ1) is 10.8. The van der Waals surface area contributed by atoms with Crippen LogP contribution in [0, 0.1) is 10.1 Å². The van der Waals surface area contributed by atoms with E-state index in [1.807, 2.05) is 0 Å². The summed E-state index contributed by atoms with van der Waals surface area (Å²) in [6.45, 7) is 0. The summed E-state index contributed by atoms with van der Waals surface area (Å²) in [7, 11) is 3.61. The Morgan fingerprint density at radius 1 is 1.22 bits per heavy atom. The average molecular weight is 375 g/mol. The maximum absolute atomic E-state index is 11.5. The zero-order valence-corrected chi connectivity index (χ0v) is 14.4. The molecule has 0 fully saturated rings. The monoisotopic (exact) mass is 375 g/mol. The Bertz CT molecular complexity index is 777. The first kappa shape index (κ1) is 16.8. The predicted molar refractivity (Wildman–Crippen MR) is 89.5 cm³/mol. The van der Waals surface area contributed by atoms with E-state index in [4.69, 9.17) is 0 Å². The molecule has 0 saturated heterocycles. The van der Waals surface area contributed by atoms with Crippen LogP contribution in [-0.4, -0.2) is 46.9 Å². The Labute approximate surface area is 141 Å². The van der Waals surface area contributed by atoms with Gasteiger partial charge in [-0.1, -0.05) is 0 Å². The number of hydrogen-bond donors (Lipinski definition) is 2. The van der Waals surface area contributed by atoms with Gasteiger partial charge in [-0.25, -0.2) is 0 Å². The van der Waals surface area contributed by atoms with Crippen LogP contribution in [0.2, 0.25) is 0 Å². The molecular weight excluding hydrogens is 361 g/mol. The van der Waals surface area contributed by atoms with Crippen molar-refractivity contribution in [3.63, 3.8) is 0 Å². The van der Waals surface area contributed by atoms with Gasteiger partial charge in [-0.3, -0.25) is 0 Å². The van der Waals surface area contributed by atoms with Crippen LogP contribution in [0.5, 0.6) is 0 Å². The maximum atomic E-state index is 11.5. The molecule has 0 bridgehead atoms. The molecule has 0 heterocycles. The summed E-state index contributed by atoms with van der Waals surface area (Å²) in [4.78, 5) is 23.9. The molecule has 2 aromatic carbocycles. The number of aromatic carboxylic acids is 1. The van der Waals surface area contributed by atoms with Gasteiger partial charge in [0, 0.05) is 0 Å². The Kier molecular flexibility index (Phi) is 4.91.